The number of hydrogen-bond acceptors (Lipinski definition) is 4. The van der Waals surface area contributed by atoms with Crippen LogP contribution in [0.2, 0.25) is 5.02 Å². The minimum atomic E-state index is -3.34. The van der Waals surface area contributed by atoms with Crippen molar-refractivity contribution in [3.8, 4) is 0 Å². The highest BCUT2D eigenvalue weighted by Gasteiger charge is 2.40. The summed E-state index contributed by atoms with van der Waals surface area (Å²) in [6.07, 6.45) is 2.27. The van der Waals surface area contributed by atoms with Crippen LogP contribution in [0.15, 0.2) is 36.4 Å². The Kier molecular flexibility index (Phi) is 8.51. The number of nitrogens with one attached hydrogen (secondary N) is 1. The average molecular weight is 594 g/mol. The standard InChI is InChI=1S/C22H26ClFIN3O3S/c1-2-3-13-32(30,31)28-11-9-22(10-12-28,19-5-4-6-20(24)27-19)15-26-21(29)17-8-7-16(25)14-18(17)23/h4-8,14H,2-3,9-13,15H2,1H3,(H,26,29). The van der Waals surface area contributed by atoms with Crippen LogP contribution < -0.4 is 5.32 Å². The topological polar surface area (TPSA) is 79.4 Å². The number of benzene rings is 1. The number of hydrogen-bond donors (Lipinski definition) is 1. The number of carbonyl (C=O) groups excluding carboxylic acids is 1. The first-order valence-corrected chi connectivity index (χ1v) is 13.6. The van der Waals surface area contributed by atoms with Crippen molar-refractivity contribution in [2.24, 2.45) is 0 Å². The molecule has 1 aliphatic rings. The van der Waals surface area contributed by atoms with Crippen LogP contribution in [0.3, 0.4) is 0 Å². The van der Waals surface area contributed by atoms with E-state index in [1.807, 2.05) is 6.92 Å². The first-order valence-electron chi connectivity index (χ1n) is 10.5. The Labute approximate surface area is 207 Å². The van der Waals surface area contributed by atoms with Gasteiger partial charge in [0.1, 0.15) is 0 Å². The molecule has 1 fully saturated rings. The Bertz CT molecular complexity index is 1080. The third-order valence-electron chi connectivity index (χ3n) is 5.85. The molecule has 1 amide bonds. The van der Waals surface area contributed by atoms with Crippen molar-refractivity contribution in [1.82, 2.24) is 14.6 Å². The molecule has 0 aliphatic carbocycles. The van der Waals surface area contributed by atoms with Crippen molar-refractivity contribution in [2.75, 3.05) is 25.4 Å². The fraction of sp³-hybridized carbons (Fsp3) is 0.455. The zero-order valence-electron chi connectivity index (χ0n) is 17.8. The first-order chi connectivity index (χ1) is 15.2. The predicted molar refractivity (Wildman–Crippen MR) is 132 cm³/mol. The van der Waals surface area contributed by atoms with E-state index in [0.717, 1.165) is 9.99 Å². The number of unbranched alkanes of at least 4 members (excludes halogenated alkanes) is 1. The van der Waals surface area contributed by atoms with Gasteiger partial charge in [-0.25, -0.2) is 17.7 Å². The zero-order valence-corrected chi connectivity index (χ0v) is 21.5. The molecule has 0 unspecified atom stereocenters. The quantitative estimate of drug-likeness (QED) is 0.364. The van der Waals surface area contributed by atoms with E-state index >= 15 is 0 Å². The number of aromatic nitrogens is 1. The summed E-state index contributed by atoms with van der Waals surface area (Å²) in [5, 5.41) is 3.27. The summed E-state index contributed by atoms with van der Waals surface area (Å²) in [5.41, 5.74) is 0.190. The fourth-order valence-corrected chi connectivity index (χ4v) is 6.49. The summed E-state index contributed by atoms with van der Waals surface area (Å²) in [6.45, 7) is 2.75. The number of amides is 1. The Balaban J connectivity index is 1.80. The van der Waals surface area contributed by atoms with E-state index in [-0.39, 0.29) is 18.2 Å². The lowest BCUT2D eigenvalue weighted by molar-refractivity contribution is 0.0932. The van der Waals surface area contributed by atoms with Gasteiger partial charge in [0.05, 0.1) is 22.0 Å². The van der Waals surface area contributed by atoms with Gasteiger partial charge in [0.25, 0.3) is 5.91 Å². The zero-order chi connectivity index (χ0) is 23.4. The van der Waals surface area contributed by atoms with Gasteiger partial charge in [0, 0.05) is 28.6 Å². The molecule has 0 saturated carbocycles. The number of pyridine rings is 1. The highest BCUT2D eigenvalue weighted by Crippen LogP contribution is 2.35. The minimum absolute atomic E-state index is 0.122. The summed E-state index contributed by atoms with van der Waals surface area (Å²) >= 11 is 8.35. The molecule has 2 heterocycles. The number of nitrogens with zero attached hydrogens (tertiary/aromatic N) is 2. The molecule has 1 aromatic carbocycles. The van der Waals surface area contributed by atoms with Crippen molar-refractivity contribution in [1.29, 1.82) is 0 Å². The molecule has 1 saturated heterocycles. The number of carbonyl (C=O) groups is 1. The van der Waals surface area contributed by atoms with Gasteiger partial charge < -0.3 is 5.32 Å². The van der Waals surface area contributed by atoms with Crippen LogP contribution in [0.5, 0.6) is 0 Å². The number of halogens is 3. The predicted octanol–water partition coefficient (Wildman–Crippen LogP) is 4.37. The second kappa shape index (κ2) is 10.8. The van der Waals surface area contributed by atoms with Crippen LogP contribution in [0.25, 0.3) is 0 Å². The Morgan fingerprint density at radius 3 is 2.62 bits per heavy atom. The van der Waals surface area contributed by atoms with Crippen molar-refractivity contribution < 1.29 is 17.6 Å². The molecule has 0 radical (unpaired) electrons. The normalized spacial score (nSPS) is 16.6. The van der Waals surface area contributed by atoms with Crippen LogP contribution in [-0.2, 0) is 15.4 Å². The average Bonchev–Trinajstić information content (AvgIpc) is 2.76. The summed E-state index contributed by atoms with van der Waals surface area (Å²) < 4.78 is 41.6. The van der Waals surface area contributed by atoms with Crippen molar-refractivity contribution in [2.45, 2.75) is 38.0 Å². The van der Waals surface area contributed by atoms with Crippen LogP contribution in [0.4, 0.5) is 4.39 Å². The molecule has 1 aromatic heterocycles. The van der Waals surface area contributed by atoms with Gasteiger partial charge in [0.15, 0.2) is 0 Å². The fourth-order valence-electron chi connectivity index (χ4n) is 3.89. The molecule has 0 bridgehead atoms. The maximum absolute atomic E-state index is 13.9. The molecule has 174 valence electrons. The highest BCUT2D eigenvalue weighted by molar-refractivity contribution is 14.1. The lowest BCUT2D eigenvalue weighted by atomic mass is 9.75. The first kappa shape index (κ1) is 25.3. The van der Waals surface area contributed by atoms with Crippen LogP contribution in [-0.4, -0.2) is 49.0 Å². The van der Waals surface area contributed by atoms with Gasteiger partial charge in [0.2, 0.25) is 16.0 Å². The summed E-state index contributed by atoms with van der Waals surface area (Å²) in [4.78, 5) is 16.9. The molecule has 0 atom stereocenters. The molecular formula is C22H26ClFIN3O3S. The highest BCUT2D eigenvalue weighted by atomic mass is 127. The minimum Gasteiger partial charge on any atom is -0.351 e. The molecule has 32 heavy (non-hydrogen) atoms. The molecule has 1 aliphatic heterocycles. The second-order valence-corrected chi connectivity index (χ2v) is 11.7. The third-order valence-corrected chi connectivity index (χ3v) is 8.79. The largest absolute Gasteiger partial charge is 0.351 e. The maximum Gasteiger partial charge on any atom is 0.252 e. The van der Waals surface area contributed by atoms with Crippen LogP contribution >= 0.6 is 34.2 Å². The maximum atomic E-state index is 13.9. The van der Waals surface area contributed by atoms with Crippen molar-refractivity contribution in [3.05, 3.63) is 62.2 Å². The molecule has 3 rings (SSSR count). The lowest BCUT2D eigenvalue weighted by Crippen LogP contribution is -2.51. The van der Waals surface area contributed by atoms with Gasteiger partial charge in [-0.3, -0.25) is 4.79 Å². The van der Waals surface area contributed by atoms with Gasteiger partial charge in [-0.1, -0.05) is 31.0 Å². The number of rotatable bonds is 8. The Hall–Kier alpha value is -1.30. The summed E-state index contributed by atoms with van der Waals surface area (Å²) in [5.74, 6) is -0.816. The molecule has 6 nitrogen and oxygen atoms in total. The van der Waals surface area contributed by atoms with E-state index in [4.69, 9.17) is 11.6 Å². The van der Waals surface area contributed by atoms with E-state index in [1.165, 1.54) is 10.4 Å². The van der Waals surface area contributed by atoms with E-state index in [0.29, 0.717) is 48.6 Å². The second-order valence-electron chi connectivity index (χ2n) is 8.00. The van der Waals surface area contributed by atoms with Gasteiger partial charge in [-0.15, -0.1) is 0 Å². The summed E-state index contributed by atoms with van der Waals surface area (Å²) in [6, 6.07) is 9.75. The molecular weight excluding hydrogens is 568 g/mol. The van der Waals surface area contributed by atoms with E-state index < -0.39 is 21.4 Å². The molecule has 1 N–H and O–H groups in total. The number of sulfonamides is 1. The molecule has 2 aromatic rings. The Morgan fingerprint density at radius 2 is 2.00 bits per heavy atom. The molecule has 10 heteroatoms. The van der Waals surface area contributed by atoms with Crippen molar-refractivity contribution in [3.63, 3.8) is 0 Å². The smallest absolute Gasteiger partial charge is 0.252 e. The summed E-state index contributed by atoms with van der Waals surface area (Å²) in [7, 11) is -3.34. The number of piperidine rings is 1. The third kappa shape index (κ3) is 5.98. The Morgan fingerprint density at radius 1 is 1.28 bits per heavy atom. The van der Waals surface area contributed by atoms with Gasteiger partial charge >= 0.3 is 0 Å². The lowest BCUT2D eigenvalue weighted by Gasteiger charge is -2.41. The van der Waals surface area contributed by atoms with Gasteiger partial charge in [-0.2, -0.15) is 4.39 Å². The van der Waals surface area contributed by atoms with Crippen molar-refractivity contribution >= 4 is 50.1 Å². The SMILES string of the molecule is CCCCS(=O)(=O)N1CCC(CNC(=O)c2ccc(I)cc2Cl)(c2cccc(F)n2)CC1. The van der Waals surface area contributed by atoms with E-state index in [1.54, 1.807) is 30.3 Å². The van der Waals surface area contributed by atoms with Gasteiger partial charge in [-0.05, 0) is 72.2 Å². The molecule has 0 spiro atoms. The van der Waals surface area contributed by atoms with E-state index in [9.17, 15) is 17.6 Å². The monoisotopic (exact) mass is 593 g/mol. The van der Waals surface area contributed by atoms with Crippen LogP contribution in [0.1, 0.15) is 48.7 Å². The van der Waals surface area contributed by atoms with Crippen LogP contribution in [0, 0.1) is 9.52 Å². The van der Waals surface area contributed by atoms with E-state index in [2.05, 4.69) is 32.9 Å².